The molecule has 0 aliphatic carbocycles. The average molecular weight is 415 g/mol. The fourth-order valence-corrected chi connectivity index (χ4v) is 3.84. The van der Waals surface area contributed by atoms with Crippen LogP contribution >= 0.6 is 11.3 Å². The smallest absolute Gasteiger partial charge is 0.242 e. The van der Waals surface area contributed by atoms with Crippen molar-refractivity contribution >= 4 is 23.2 Å². The summed E-state index contributed by atoms with van der Waals surface area (Å²) in [7, 11) is 0. The number of furan rings is 1. The molecule has 7 heteroatoms. The monoisotopic (exact) mass is 414 g/mol. The molecule has 2 amide bonds. The van der Waals surface area contributed by atoms with Crippen molar-refractivity contribution in [2.75, 3.05) is 6.54 Å². The van der Waals surface area contributed by atoms with Gasteiger partial charge in [0.2, 0.25) is 11.8 Å². The van der Waals surface area contributed by atoms with Gasteiger partial charge < -0.3 is 14.2 Å². The van der Waals surface area contributed by atoms with Gasteiger partial charge in [-0.05, 0) is 48.9 Å². The number of halogens is 1. The van der Waals surface area contributed by atoms with Crippen LogP contribution in [0.25, 0.3) is 0 Å². The second-order valence-corrected chi connectivity index (χ2v) is 8.22. The van der Waals surface area contributed by atoms with Crippen LogP contribution in [0.1, 0.15) is 28.0 Å². The van der Waals surface area contributed by atoms with Gasteiger partial charge >= 0.3 is 0 Å². The van der Waals surface area contributed by atoms with E-state index in [4.69, 9.17) is 4.42 Å². The van der Waals surface area contributed by atoms with Crippen LogP contribution in [0.2, 0.25) is 0 Å². The Morgan fingerprint density at radius 3 is 2.34 bits per heavy atom. The van der Waals surface area contributed by atoms with Crippen molar-refractivity contribution in [3.63, 3.8) is 0 Å². The molecule has 0 bridgehead atoms. The number of hydrogen-bond acceptors (Lipinski definition) is 4. The van der Waals surface area contributed by atoms with E-state index in [1.807, 2.05) is 19.1 Å². The van der Waals surface area contributed by atoms with Crippen molar-refractivity contribution in [3.05, 3.63) is 81.7 Å². The second-order valence-electron chi connectivity index (χ2n) is 6.84. The standard InChI is InChI=1S/C22H23FN2O3S/c1-16-5-10-21(29-16)14-25(12-18-6-8-19(23)9-7-18)22(27)15-24(17(2)26)13-20-4-3-11-28-20/h3-11H,12-15H2,1-2H3. The van der Waals surface area contributed by atoms with Gasteiger partial charge in [0.15, 0.2) is 0 Å². The number of rotatable bonds is 8. The van der Waals surface area contributed by atoms with E-state index in [2.05, 4.69) is 0 Å². The predicted octanol–water partition coefficient (Wildman–Crippen LogP) is 4.37. The van der Waals surface area contributed by atoms with Crippen LogP contribution in [-0.4, -0.2) is 28.2 Å². The highest BCUT2D eigenvalue weighted by molar-refractivity contribution is 7.11. The summed E-state index contributed by atoms with van der Waals surface area (Å²) in [5.74, 6) is -0.0840. The van der Waals surface area contributed by atoms with E-state index >= 15 is 0 Å². The maximum Gasteiger partial charge on any atom is 0.242 e. The van der Waals surface area contributed by atoms with Gasteiger partial charge in [-0.15, -0.1) is 11.3 Å². The summed E-state index contributed by atoms with van der Waals surface area (Å²) < 4.78 is 18.6. The first kappa shape index (κ1) is 20.8. The van der Waals surface area contributed by atoms with Gasteiger partial charge in [0.05, 0.1) is 19.4 Å². The Bertz CT molecular complexity index is 951. The summed E-state index contributed by atoms with van der Waals surface area (Å²) in [6.45, 7) is 4.40. The molecule has 0 atom stereocenters. The van der Waals surface area contributed by atoms with Crippen LogP contribution in [0.15, 0.2) is 59.2 Å². The summed E-state index contributed by atoms with van der Waals surface area (Å²) in [6.07, 6.45) is 1.54. The molecule has 3 aromatic rings. The SMILES string of the molecule is CC(=O)N(CC(=O)N(Cc1ccc(F)cc1)Cc1ccc(C)s1)Cc1ccco1. The van der Waals surface area contributed by atoms with Crippen molar-refractivity contribution in [1.82, 2.24) is 9.80 Å². The van der Waals surface area contributed by atoms with E-state index < -0.39 is 0 Å². The van der Waals surface area contributed by atoms with Crippen LogP contribution in [0, 0.1) is 12.7 Å². The van der Waals surface area contributed by atoms with Crippen molar-refractivity contribution in [3.8, 4) is 0 Å². The van der Waals surface area contributed by atoms with Crippen LogP contribution < -0.4 is 0 Å². The third-order valence-electron chi connectivity index (χ3n) is 4.48. The lowest BCUT2D eigenvalue weighted by molar-refractivity contribution is -0.140. The van der Waals surface area contributed by atoms with E-state index in [1.54, 1.807) is 40.5 Å². The quantitative estimate of drug-likeness (QED) is 0.550. The van der Waals surface area contributed by atoms with Gasteiger partial charge in [-0.3, -0.25) is 9.59 Å². The molecule has 0 N–H and O–H groups in total. The summed E-state index contributed by atoms with van der Waals surface area (Å²) in [5.41, 5.74) is 0.827. The number of carbonyl (C=O) groups is 2. The van der Waals surface area contributed by atoms with E-state index in [9.17, 15) is 14.0 Å². The molecule has 3 rings (SSSR count). The minimum atomic E-state index is -0.318. The van der Waals surface area contributed by atoms with Gasteiger partial charge in [0.25, 0.3) is 0 Å². The Morgan fingerprint density at radius 2 is 1.76 bits per heavy atom. The fraction of sp³-hybridized carbons (Fsp3) is 0.273. The number of amides is 2. The summed E-state index contributed by atoms with van der Waals surface area (Å²) >= 11 is 1.63. The zero-order chi connectivity index (χ0) is 20.8. The molecule has 0 spiro atoms. The second kappa shape index (κ2) is 9.52. The van der Waals surface area contributed by atoms with Gasteiger partial charge in [-0.1, -0.05) is 12.1 Å². The molecule has 152 valence electrons. The highest BCUT2D eigenvalue weighted by atomic mass is 32.1. The first-order chi connectivity index (χ1) is 13.9. The average Bonchev–Trinajstić information content (AvgIpc) is 3.34. The first-order valence-corrected chi connectivity index (χ1v) is 10.1. The third-order valence-corrected chi connectivity index (χ3v) is 5.47. The van der Waals surface area contributed by atoms with E-state index in [0.717, 1.165) is 15.3 Å². The predicted molar refractivity (Wildman–Crippen MR) is 110 cm³/mol. The van der Waals surface area contributed by atoms with Crippen LogP contribution in [-0.2, 0) is 29.2 Å². The molecule has 0 radical (unpaired) electrons. The third kappa shape index (κ3) is 6.02. The Labute approximate surface area is 173 Å². The number of hydrogen-bond donors (Lipinski definition) is 0. The maximum atomic E-state index is 13.2. The highest BCUT2D eigenvalue weighted by Crippen LogP contribution is 2.19. The molecule has 0 unspecified atom stereocenters. The number of thiophene rings is 1. The van der Waals surface area contributed by atoms with Gasteiger partial charge in [-0.2, -0.15) is 0 Å². The minimum Gasteiger partial charge on any atom is -0.467 e. The largest absolute Gasteiger partial charge is 0.467 e. The van der Waals surface area contributed by atoms with Crippen molar-refractivity contribution in [1.29, 1.82) is 0 Å². The Morgan fingerprint density at radius 1 is 1.00 bits per heavy atom. The van der Waals surface area contributed by atoms with Crippen LogP contribution in [0.4, 0.5) is 4.39 Å². The molecular formula is C22H23FN2O3S. The molecule has 2 heterocycles. The first-order valence-electron chi connectivity index (χ1n) is 9.26. The van der Waals surface area contributed by atoms with Gasteiger partial charge in [0.1, 0.15) is 18.1 Å². The molecule has 0 fully saturated rings. The zero-order valence-corrected chi connectivity index (χ0v) is 17.2. The molecule has 0 aliphatic heterocycles. The molecule has 0 saturated heterocycles. The normalized spacial score (nSPS) is 10.7. The number of nitrogens with zero attached hydrogens (tertiary/aromatic N) is 2. The number of aryl methyl sites for hydroxylation is 1. The Kier molecular flexibility index (Phi) is 6.82. The molecule has 29 heavy (non-hydrogen) atoms. The lowest BCUT2D eigenvalue weighted by atomic mass is 10.2. The Hall–Kier alpha value is -2.93. The van der Waals surface area contributed by atoms with Crippen molar-refractivity contribution in [2.45, 2.75) is 33.5 Å². The maximum absolute atomic E-state index is 13.2. The minimum absolute atomic E-state index is 0.0540. The van der Waals surface area contributed by atoms with E-state index in [0.29, 0.717) is 18.8 Å². The lowest BCUT2D eigenvalue weighted by Gasteiger charge is -2.26. The molecular weight excluding hydrogens is 391 g/mol. The van der Waals surface area contributed by atoms with Crippen molar-refractivity contribution < 1.29 is 18.4 Å². The molecule has 2 aromatic heterocycles. The summed E-state index contributed by atoms with van der Waals surface area (Å²) in [6, 6.07) is 13.6. The number of benzene rings is 1. The van der Waals surface area contributed by atoms with Crippen LogP contribution in [0.5, 0.6) is 0 Å². The van der Waals surface area contributed by atoms with E-state index in [1.165, 1.54) is 30.2 Å². The fourth-order valence-electron chi connectivity index (χ4n) is 2.93. The molecule has 0 aliphatic rings. The van der Waals surface area contributed by atoms with E-state index in [-0.39, 0.29) is 30.7 Å². The van der Waals surface area contributed by atoms with Gasteiger partial charge in [-0.25, -0.2) is 4.39 Å². The Balaban J connectivity index is 1.76. The van der Waals surface area contributed by atoms with Crippen LogP contribution in [0.3, 0.4) is 0 Å². The summed E-state index contributed by atoms with van der Waals surface area (Å²) in [4.78, 5) is 30.5. The number of carbonyl (C=O) groups excluding carboxylic acids is 2. The summed E-state index contributed by atoms with van der Waals surface area (Å²) in [5, 5.41) is 0. The highest BCUT2D eigenvalue weighted by Gasteiger charge is 2.21. The molecule has 1 aromatic carbocycles. The van der Waals surface area contributed by atoms with Gasteiger partial charge in [0, 0.05) is 23.2 Å². The molecule has 5 nitrogen and oxygen atoms in total. The molecule has 0 saturated carbocycles. The van der Waals surface area contributed by atoms with Crippen molar-refractivity contribution in [2.24, 2.45) is 0 Å². The zero-order valence-electron chi connectivity index (χ0n) is 16.4. The lowest BCUT2D eigenvalue weighted by Crippen LogP contribution is -2.41. The topological polar surface area (TPSA) is 53.8 Å².